The van der Waals surface area contributed by atoms with Crippen molar-refractivity contribution in [2.45, 2.75) is 24.6 Å². The number of nitrogens with zero attached hydrogens (tertiary/aromatic N) is 4. The van der Waals surface area contributed by atoms with Crippen molar-refractivity contribution in [3.05, 3.63) is 47.3 Å². The molecule has 0 aliphatic carbocycles. The van der Waals surface area contributed by atoms with E-state index in [0.717, 1.165) is 17.3 Å². The van der Waals surface area contributed by atoms with Gasteiger partial charge in [-0.25, -0.2) is 27.5 Å². The van der Waals surface area contributed by atoms with Crippen LogP contribution in [0.3, 0.4) is 0 Å². The van der Waals surface area contributed by atoms with Gasteiger partial charge in [0.05, 0.1) is 23.0 Å². The molecule has 0 bridgehead atoms. The topological polar surface area (TPSA) is 106 Å². The first-order valence-electron chi connectivity index (χ1n) is 9.53. The van der Waals surface area contributed by atoms with Crippen LogP contribution in [0.25, 0.3) is 0 Å². The van der Waals surface area contributed by atoms with E-state index in [-0.39, 0.29) is 11.6 Å². The summed E-state index contributed by atoms with van der Waals surface area (Å²) in [4.78, 5) is 20.6. The van der Waals surface area contributed by atoms with Crippen molar-refractivity contribution in [1.29, 1.82) is 5.41 Å². The highest BCUT2D eigenvalue weighted by atomic mass is 19.4. The molecule has 1 atom stereocenters. The zero-order valence-electron chi connectivity index (χ0n) is 17.0. The maximum atomic E-state index is 14.5. The van der Waals surface area contributed by atoms with E-state index < -0.39 is 66.3 Å². The summed E-state index contributed by atoms with van der Waals surface area (Å²) < 4.78 is 94.4. The predicted octanol–water partition coefficient (Wildman–Crippen LogP) is 3.78. The highest BCUT2D eigenvalue weighted by molar-refractivity contribution is 6.14. The van der Waals surface area contributed by atoms with Gasteiger partial charge in [0.25, 0.3) is 11.8 Å². The number of aromatic nitrogens is 2. The van der Waals surface area contributed by atoms with Gasteiger partial charge in [0.2, 0.25) is 5.95 Å². The molecule has 0 spiro atoms. The van der Waals surface area contributed by atoms with Crippen molar-refractivity contribution in [3.63, 3.8) is 0 Å². The molecular formula is C19H16F7N7O. The number of amides is 1. The Balaban J connectivity index is 1.83. The average molecular weight is 491 g/mol. The van der Waals surface area contributed by atoms with Gasteiger partial charge in [0.1, 0.15) is 6.04 Å². The standard InChI is InChI=1S/C19H16F7N7O/c20-12-5-11(14(6-13(12)21)32-31-3-2-27)16(34)33-4-1-18(22,23)15(33)9-30-17-28-7-10(8-29-17)19(24,25)26/h2-3,5-8,15,27,32H,1,4,9H2,(H,28,29,30)/b27-2?,31-3-/t15-/m1/s1. The quantitative estimate of drug-likeness (QED) is 0.311. The number of hydrogen-bond acceptors (Lipinski definition) is 7. The maximum Gasteiger partial charge on any atom is 0.419 e. The summed E-state index contributed by atoms with van der Waals surface area (Å²) in [6.45, 7) is -1.07. The smallest absolute Gasteiger partial charge is 0.352 e. The second-order valence-electron chi connectivity index (χ2n) is 7.07. The third kappa shape index (κ3) is 5.40. The minimum absolute atomic E-state index is 0.324. The van der Waals surface area contributed by atoms with Gasteiger partial charge in [0.15, 0.2) is 11.6 Å². The van der Waals surface area contributed by atoms with Crippen molar-refractivity contribution in [2.24, 2.45) is 5.10 Å². The fraction of sp³-hybridized carbons (Fsp3) is 0.316. The highest BCUT2D eigenvalue weighted by Crippen LogP contribution is 2.36. The molecule has 1 amide bonds. The van der Waals surface area contributed by atoms with Crippen molar-refractivity contribution in [1.82, 2.24) is 14.9 Å². The zero-order valence-corrected chi connectivity index (χ0v) is 17.0. The Labute approximate surface area is 187 Å². The summed E-state index contributed by atoms with van der Waals surface area (Å²) in [6, 6.07) is -0.654. The van der Waals surface area contributed by atoms with Crippen molar-refractivity contribution in [3.8, 4) is 0 Å². The summed E-state index contributed by atoms with van der Waals surface area (Å²) in [5.41, 5.74) is 0.297. The molecule has 0 saturated carbocycles. The van der Waals surface area contributed by atoms with Crippen molar-refractivity contribution < 1.29 is 35.5 Å². The first-order chi connectivity index (χ1) is 15.9. The zero-order chi connectivity index (χ0) is 25.1. The van der Waals surface area contributed by atoms with Gasteiger partial charge in [-0.05, 0) is 6.07 Å². The third-order valence-corrected chi connectivity index (χ3v) is 4.87. The van der Waals surface area contributed by atoms with Gasteiger partial charge in [-0.15, -0.1) is 0 Å². The second kappa shape index (κ2) is 9.61. The molecule has 0 radical (unpaired) electrons. The van der Waals surface area contributed by atoms with Crippen LogP contribution in [-0.4, -0.2) is 58.3 Å². The Kier molecular flexibility index (Phi) is 7.02. The maximum absolute atomic E-state index is 14.5. The summed E-state index contributed by atoms with van der Waals surface area (Å²) in [5.74, 6) is -7.57. The fourth-order valence-corrected chi connectivity index (χ4v) is 3.19. The van der Waals surface area contributed by atoms with Gasteiger partial charge >= 0.3 is 6.18 Å². The van der Waals surface area contributed by atoms with Gasteiger partial charge < -0.3 is 15.6 Å². The highest BCUT2D eigenvalue weighted by Gasteiger charge is 2.51. The van der Waals surface area contributed by atoms with Crippen LogP contribution in [0, 0.1) is 17.0 Å². The molecule has 1 aromatic carbocycles. The van der Waals surface area contributed by atoms with Gasteiger partial charge in [-0.3, -0.25) is 10.2 Å². The number of benzene rings is 1. The normalized spacial score (nSPS) is 17.7. The fourth-order valence-electron chi connectivity index (χ4n) is 3.19. The molecule has 182 valence electrons. The van der Waals surface area contributed by atoms with Crippen molar-refractivity contribution >= 4 is 30.0 Å². The van der Waals surface area contributed by atoms with Crippen LogP contribution in [0.1, 0.15) is 22.3 Å². The average Bonchev–Trinajstić information content (AvgIpc) is 3.08. The Hall–Kier alpha value is -3.78. The molecule has 1 saturated heterocycles. The summed E-state index contributed by atoms with van der Waals surface area (Å²) in [7, 11) is 0. The van der Waals surface area contributed by atoms with E-state index in [9.17, 15) is 35.5 Å². The lowest BCUT2D eigenvalue weighted by molar-refractivity contribution is -0.138. The number of anilines is 2. The monoisotopic (exact) mass is 491 g/mol. The lowest BCUT2D eigenvalue weighted by Gasteiger charge is -2.28. The lowest BCUT2D eigenvalue weighted by Crippen LogP contribution is -2.47. The van der Waals surface area contributed by atoms with Crippen LogP contribution in [-0.2, 0) is 6.18 Å². The number of likely N-dealkylation sites (tertiary alicyclic amines) is 1. The Bertz CT molecular complexity index is 1090. The molecular weight excluding hydrogens is 475 g/mol. The Morgan fingerprint density at radius 2 is 1.88 bits per heavy atom. The van der Waals surface area contributed by atoms with Gasteiger partial charge in [-0.1, -0.05) is 0 Å². The third-order valence-electron chi connectivity index (χ3n) is 4.87. The van der Waals surface area contributed by atoms with E-state index >= 15 is 0 Å². The number of rotatable bonds is 7. The number of carbonyl (C=O) groups is 1. The predicted molar refractivity (Wildman–Crippen MR) is 107 cm³/mol. The van der Waals surface area contributed by atoms with Crippen LogP contribution in [0.5, 0.6) is 0 Å². The van der Waals surface area contributed by atoms with Gasteiger partial charge in [0, 0.05) is 44.2 Å². The minimum Gasteiger partial charge on any atom is -0.352 e. The largest absolute Gasteiger partial charge is 0.419 e. The van der Waals surface area contributed by atoms with Crippen LogP contribution in [0.2, 0.25) is 0 Å². The summed E-state index contributed by atoms with van der Waals surface area (Å²) >= 11 is 0. The first-order valence-corrected chi connectivity index (χ1v) is 9.53. The van der Waals surface area contributed by atoms with Crippen LogP contribution >= 0.6 is 0 Å². The Morgan fingerprint density at radius 1 is 1.24 bits per heavy atom. The van der Waals surface area contributed by atoms with E-state index in [1.54, 1.807) is 0 Å². The molecule has 3 N–H and O–H groups in total. The van der Waals surface area contributed by atoms with Crippen LogP contribution < -0.4 is 10.7 Å². The molecule has 8 nitrogen and oxygen atoms in total. The van der Waals surface area contributed by atoms with E-state index in [0.29, 0.717) is 24.5 Å². The molecule has 1 aromatic heterocycles. The number of alkyl halides is 5. The first kappa shape index (κ1) is 24.9. The molecule has 34 heavy (non-hydrogen) atoms. The molecule has 2 heterocycles. The van der Waals surface area contributed by atoms with E-state index in [2.05, 4.69) is 25.8 Å². The van der Waals surface area contributed by atoms with Crippen molar-refractivity contribution in [2.75, 3.05) is 23.8 Å². The van der Waals surface area contributed by atoms with Crippen LogP contribution in [0.4, 0.5) is 42.4 Å². The van der Waals surface area contributed by atoms with Crippen LogP contribution in [0.15, 0.2) is 29.6 Å². The molecule has 1 aliphatic heterocycles. The summed E-state index contributed by atoms with van der Waals surface area (Å²) in [6.07, 6.45) is -2.77. The SMILES string of the molecule is N=C/C=N\Nc1cc(F)c(F)cc1C(=O)N1CCC(F)(F)[C@H]1CNc1ncc(C(F)(F)F)cn1. The molecule has 2 aromatic rings. The molecule has 1 aliphatic rings. The van der Waals surface area contributed by atoms with Gasteiger partial charge in [-0.2, -0.15) is 18.3 Å². The second-order valence-corrected chi connectivity index (χ2v) is 7.07. The summed E-state index contributed by atoms with van der Waals surface area (Å²) in [5, 5.41) is 12.8. The number of halogens is 7. The Morgan fingerprint density at radius 3 is 2.50 bits per heavy atom. The molecule has 0 unspecified atom stereocenters. The molecule has 1 fully saturated rings. The van der Waals surface area contributed by atoms with E-state index in [4.69, 9.17) is 5.41 Å². The number of nitrogens with one attached hydrogen (secondary N) is 3. The minimum atomic E-state index is -4.68. The lowest BCUT2D eigenvalue weighted by atomic mass is 10.1. The molecule has 3 rings (SSSR count). The van der Waals surface area contributed by atoms with E-state index in [1.807, 2.05) is 0 Å². The molecule has 15 heteroatoms. The van der Waals surface area contributed by atoms with E-state index in [1.165, 1.54) is 0 Å². The number of hydrogen-bond donors (Lipinski definition) is 3. The number of carbonyl (C=O) groups excluding carboxylic acids is 1. The number of hydrazone groups is 1.